The zero-order valence-electron chi connectivity index (χ0n) is 40.3. The van der Waals surface area contributed by atoms with Gasteiger partial charge in [0.15, 0.2) is 0 Å². The van der Waals surface area contributed by atoms with Gasteiger partial charge < -0.3 is 9.52 Å². The molecule has 0 unspecified atom stereocenters. The molecule has 0 aliphatic heterocycles. The largest absolute Gasteiger partial charge is 0.507 e. The Morgan fingerprint density at radius 3 is 1.85 bits per heavy atom. The first kappa shape index (κ1) is 42.9. The van der Waals surface area contributed by atoms with E-state index in [0.29, 0.717) is 11.4 Å². The third-order valence-corrected chi connectivity index (χ3v) is 13.5. The quantitative estimate of drug-likeness (QED) is 0.181. The van der Waals surface area contributed by atoms with Crippen molar-refractivity contribution >= 4 is 44.0 Å². The molecule has 0 amide bonds. The summed E-state index contributed by atoms with van der Waals surface area (Å²) in [5, 5.41) is 14.6. The number of imidazole rings is 2. The summed E-state index contributed by atoms with van der Waals surface area (Å²) in [5.74, 6) is 1.77. The second-order valence-corrected chi connectivity index (χ2v) is 21.3. The number of aromatic hydroxyl groups is 1. The lowest BCUT2D eigenvalue weighted by molar-refractivity contribution is 0.446. The maximum Gasteiger partial charge on any atom is 0.149 e. The van der Waals surface area contributed by atoms with E-state index in [4.69, 9.17) is 14.4 Å². The van der Waals surface area contributed by atoms with Gasteiger partial charge in [0, 0.05) is 33.3 Å². The fourth-order valence-corrected chi connectivity index (χ4v) is 9.84. The Balaban J connectivity index is 1.22. The van der Waals surface area contributed by atoms with E-state index in [1.807, 2.05) is 18.2 Å². The van der Waals surface area contributed by atoms with E-state index in [0.717, 1.165) is 100 Å². The Morgan fingerprint density at radius 1 is 0.471 bits per heavy atom. The van der Waals surface area contributed by atoms with E-state index in [1.54, 1.807) is 0 Å². The molecule has 3 heterocycles. The zero-order chi connectivity index (χ0) is 47.3. The minimum Gasteiger partial charge on any atom is -0.507 e. The number of nitrogens with zero attached hydrogens (tertiary/aromatic N) is 4. The van der Waals surface area contributed by atoms with Crippen molar-refractivity contribution in [2.75, 3.05) is 0 Å². The molecule has 0 fully saturated rings. The van der Waals surface area contributed by atoms with E-state index in [1.165, 1.54) is 5.56 Å². The molecule has 0 bridgehead atoms. The van der Waals surface area contributed by atoms with Gasteiger partial charge in [-0.15, -0.1) is 0 Å². The predicted octanol–water partition coefficient (Wildman–Crippen LogP) is 16.5. The highest BCUT2D eigenvalue weighted by molar-refractivity contribution is 6.18. The van der Waals surface area contributed by atoms with Crippen LogP contribution in [0.5, 0.6) is 5.75 Å². The minimum absolute atomic E-state index is 0.192. The van der Waals surface area contributed by atoms with Crippen molar-refractivity contribution in [2.45, 2.75) is 78.6 Å². The molecule has 0 spiro atoms. The van der Waals surface area contributed by atoms with Gasteiger partial charge in [0.2, 0.25) is 0 Å². The average molecular weight is 889 g/mol. The summed E-state index contributed by atoms with van der Waals surface area (Å²) < 4.78 is 11.0. The molecule has 1 N–H and O–H groups in total. The number of hydrogen-bond donors (Lipinski definition) is 1. The Hall–Kier alpha value is -7.70. The normalized spacial score (nSPS) is 12.5. The second-order valence-electron chi connectivity index (χ2n) is 21.3. The lowest BCUT2D eigenvalue weighted by Crippen LogP contribution is -2.17. The highest BCUT2D eigenvalue weighted by atomic mass is 16.3. The number of furan rings is 1. The molecule has 6 heteroatoms. The van der Waals surface area contributed by atoms with Gasteiger partial charge in [-0.25, -0.2) is 9.97 Å². The number of hydrogen-bond acceptors (Lipinski definition) is 4. The fraction of sp³-hybridized carbons (Fsp3) is 0.194. The third kappa shape index (κ3) is 7.18. The Labute approximate surface area is 398 Å². The van der Waals surface area contributed by atoms with E-state index in [2.05, 4.69) is 223 Å². The Bertz CT molecular complexity index is 3740. The van der Waals surface area contributed by atoms with Gasteiger partial charge in [0.05, 0.1) is 38.7 Å². The van der Waals surface area contributed by atoms with Crippen LogP contribution in [0.2, 0.25) is 0 Å². The summed E-state index contributed by atoms with van der Waals surface area (Å²) in [5.41, 5.74) is 15.7. The number of phenols is 1. The van der Waals surface area contributed by atoms with Crippen molar-refractivity contribution in [1.29, 1.82) is 0 Å². The molecule has 0 atom stereocenters. The number of phenolic OH excluding ortho intramolecular Hbond substituents is 1. The van der Waals surface area contributed by atoms with Gasteiger partial charge in [0.25, 0.3) is 0 Å². The summed E-state index contributed by atoms with van der Waals surface area (Å²) in [4.78, 5) is 11.2. The maximum absolute atomic E-state index is 12.5. The summed E-state index contributed by atoms with van der Waals surface area (Å²) in [6.45, 7) is 20.0. The van der Waals surface area contributed by atoms with Crippen LogP contribution in [0.3, 0.4) is 0 Å². The van der Waals surface area contributed by atoms with Crippen LogP contribution in [0.15, 0.2) is 174 Å². The molecule has 11 rings (SSSR count). The summed E-state index contributed by atoms with van der Waals surface area (Å²) in [7, 11) is 0. The minimum atomic E-state index is -0.333. The van der Waals surface area contributed by atoms with Crippen molar-refractivity contribution in [3.63, 3.8) is 0 Å². The van der Waals surface area contributed by atoms with Crippen molar-refractivity contribution in [3.8, 4) is 62.2 Å². The van der Waals surface area contributed by atoms with Crippen molar-refractivity contribution in [3.05, 3.63) is 187 Å². The highest BCUT2D eigenvalue weighted by Crippen LogP contribution is 2.46. The summed E-state index contributed by atoms with van der Waals surface area (Å²) in [6.07, 6.45) is 0. The number of rotatable bonds is 6. The number of fused-ring (bicyclic) bond motifs is 6. The van der Waals surface area contributed by atoms with Crippen LogP contribution in [0.25, 0.3) is 100 Å². The van der Waals surface area contributed by atoms with Gasteiger partial charge in [-0.3, -0.25) is 9.13 Å². The molecular weight excluding hydrogens is 833 g/mol. The summed E-state index contributed by atoms with van der Waals surface area (Å²) in [6, 6.07) is 59.7. The van der Waals surface area contributed by atoms with Gasteiger partial charge in [-0.05, 0) is 99.2 Å². The predicted molar refractivity (Wildman–Crippen MR) is 282 cm³/mol. The Morgan fingerprint density at radius 2 is 1.12 bits per heavy atom. The van der Waals surface area contributed by atoms with E-state index in [9.17, 15) is 5.11 Å². The first-order valence-corrected chi connectivity index (χ1v) is 23.6. The van der Waals surface area contributed by atoms with E-state index in [-0.39, 0.29) is 22.0 Å². The van der Waals surface area contributed by atoms with Crippen LogP contribution in [0.1, 0.15) is 79.0 Å². The highest BCUT2D eigenvalue weighted by Gasteiger charge is 2.30. The fourth-order valence-electron chi connectivity index (χ4n) is 9.84. The van der Waals surface area contributed by atoms with Crippen LogP contribution >= 0.6 is 0 Å². The number of aromatic nitrogens is 4. The standard InChI is InChI=1S/C62H56N4O2/c1-60(2,3)41-34-39(33-40(35-41)58-63-49-31-32-53-54(46-26-17-19-30-52(46)68-53)56(49)65(58)43-23-14-11-15-24-43)45-27-20-29-51-55(45)64-59(47-36-42(61(4,5)6)37-48(57(47)67)62(7,8)9)66(51)50-28-18-16-25-44(50)38-21-12-10-13-22-38/h10-37,67H,1-9H3. The Kier molecular flexibility index (Phi) is 9.91. The van der Waals surface area contributed by atoms with Gasteiger partial charge in [-0.1, -0.05) is 172 Å². The monoisotopic (exact) mass is 888 g/mol. The van der Waals surface area contributed by atoms with E-state index >= 15 is 0 Å². The lowest BCUT2D eigenvalue weighted by atomic mass is 9.79. The van der Waals surface area contributed by atoms with Crippen molar-refractivity contribution in [1.82, 2.24) is 19.1 Å². The molecule has 336 valence electrons. The molecular formula is C62H56N4O2. The first-order chi connectivity index (χ1) is 32.5. The number of para-hydroxylation sites is 4. The smallest absolute Gasteiger partial charge is 0.149 e. The molecule has 3 aromatic heterocycles. The number of benzene rings is 8. The van der Waals surface area contributed by atoms with Gasteiger partial charge >= 0.3 is 0 Å². The van der Waals surface area contributed by atoms with Gasteiger partial charge in [-0.2, -0.15) is 0 Å². The van der Waals surface area contributed by atoms with Crippen LogP contribution in [0, 0.1) is 0 Å². The topological polar surface area (TPSA) is 69.0 Å². The second kappa shape index (κ2) is 15.7. The lowest BCUT2D eigenvalue weighted by Gasteiger charge is -2.27. The molecule has 8 aromatic carbocycles. The molecule has 68 heavy (non-hydrogen) atoms. The maximum atomic E-state index is 12.5. The van der Waals surface area contributed by atoms with Crippen LogP contribution in [-0.4, -0.2) is 24.2 Å². The molecule has 0 saturated carbocycles. The molecule has 6 nitrogen and oxygen atoms in total. The summed E-state index contributed by atoms with van der Waals surface area (Å²) >= 11 is 0. The zero-order valence-corrected chi connectivity index (χ0v) is 40.3. The molecule has 0 aliphatic carbocycles. The van der Waals surface area contributed by atoms with Crippen LogP contribution in [0.4, 0.5) is 0 Å². The molecule has 11 aromatic rings. The molecule has 0 saturated heterocycles. The van der Waals surface area contributed by atoms with Gasteiger partial charge in [0.1, 0.15) is 28.6 Å². The van der Waals surface area contributed by atoms with Crippen molar-refractivity contribution in [2.24, 2.45) is 0 Å². The third-order valence-electron chi connectivity index (χ3n) is 13.5. The SMILES string of the molecule is CC(C)(C)c1cc(-c2cccc3c2nc(-c2cc(C(C)(C)C)cc(C(C)(C)C)c2O)n3-c2ccccc2-c2ccccc2)cc(-c2nc3ccc4oc5ccccc5c4c3n2-c2ccccc2)c1. The average Bonchev–Trinajstić information content (AvgIpc) is 4.03. The van der Waals surface area contributed by atoms with Crippen LogP contribution in [-0.2, 0) is 16.2 Å². The van der Waals surface area contributed by atoms with Crippen LogP contribution < -0.4 is 0 Å². The molecule has 0 radical (unpaired) electrons. The van der Waals surface area contributed by atoms with Crippen molar-refractivity contribution < 1.29 is 9.52 Å². The molecule has 0 aliphatic rings. The van der Waals surface area contributed by atoms with E-state index < -0.39 is 0 Å². The first-order valence-electron chi connectivity index (χ1n) is 23.6.